The number of carbonyl (C=O) groups excluding carboxylic acids is 1. The van der Waals surface area contributed by atoms with Crippen LogP contribution >= 0.6 is 0 Å². The summed E-state index contributed by atoms with van der Waals surface area (Å²) in [5.41, 5.74) is 0.978. The predicted octanol–water partition coefficient (Wildman–Crippen LogP) is 3.19. The minimum absolute atomic E-state index is 0.000129. The van der Waals surface area contributed by atoms with Crippen LogP contribution < -0.4 is 4.90 Å². The maximum absolute atomic E-state index is 14.0. The second kappa shape index (κ2) is 9.39. The van der Waals surface area contributed by atoms with Crippen molar-refractivity contribution in [2.45, 2.75) is 95.8 Å². The first-order valence-electron chi connectivity index (χ1n) is 12.5. The average Bonchev–Trinajstić information content (AvgIpc) is 3.39. The number of carbonyl (C=O) groups is 1. The van der Waals surface area contributed by atoms with Gasteiger partial charge < -0.3 is 14.5 Å². The lowest BCUT2D eigenvalue weighted by Gasteiger charge is -2.41. The molecular weight excluding hydrogens is 452 g/mol. The molecule has 34 heavy (non-hydrogen) atoms. The molecule has 0 N–H and O–H groups in total. The normalized spacial score (nSPS) is 30.0. The van der Waals surface area contributed by atoms with Crippen LogP contribution in [0.15, 0.2) is 17.0 Å². The summed E-state index contributed by atoms with van der Waals surface area (Å²) in [5, 5.41) is 0. The Morgan fingerprint density at radius 1 is 1.18 bits per heavy atom. The van der Waals surface area contributed by atoms with Crippen molar-refractivity contribution in [1.29, 1.82) is 0 Å². The maximum atomic E-state index is 14.0. The van der Waals surface area contributed by atoms with E-state index in [1.807, 2.05) is 32.7 Å². The number of aromatic nitrogens is 1. The standard InChI is InChI=1S/C25H40N4O4S/c1-17-9-10-22(23(26-17)29-18(2)15-33-16-19(29)3)34(31,32)28-13-7-8-21(28)24(30)27(6)20-11-12-25(4,5)14-20/h9-10,18-21H,7-8,11-16H2,1-6H3/t18-,19-,20?,21-/m0/s1. The van der Waals surface area contributed by atoms with E-state index in [1.54, 1.807) is 12.1 Å². The topological polar surface area (TPSA) is 83.1 Å². The molecule has 1 aromatic heterocycles. The fourth-order valence-electron chi connectivity index (χ4n) is 5.88. The number of hydrogen-bond acceptors (Lipinski definition) is 6. The quantitative estimate of drug-likeness (QED) is 0.628. The molecule has 3 fully saturated rings. The number of pyridine rings is 1. The Morgan fingerprint density at radius 3 is 2.47 bits per heavy atom. The van der Waals surface area contributed by atoms with Crippen LogP contribution in [0.25, 0.3) is 0 Å². The molecule has 1 unspecified atom stereocenters. The molecule has 2 aliphatic heterocycles. The van der Waals surface area contributed by atoms with Crippen LogP contribution in [0, 0.1) is 12.3 Å². The Balaban J connectivity index is 1.65. The highest BCUT2D eigenvalue weighted by Crippen LogP contribution is 2.40. The van der Waals surface area contributed by atoms with E-state index in [-0.39, 0.29) is 34.3 Å². The Kier molecular flexibility index (Phi) is 7.01. The Hall–Kier alpha value is -1.71. The van der Waals surface area contributed by atoms with Gasteiger partial charge in [0.15, 0.2) is 0 Å². The molecule has 1 aromatic rings. The van der Waals surface area contributed by atoms with Gasteiger partial charge in [-0.3, -0.25) is 4.79 Å². The van der Waals surface area contributed by atoms with Gasteiger partial charge in [0.25, 0.3) is 0 Å². The number of rotatable bonds is 5. The highest BCUT2D eigenvalue weighted by molar-refractivity contribution is 7.89. The van der Waals surface area contributed by atoms with Crippen molar-refractivity contribution >= 4 is 21.7 Å². The summed E-state index contributed by atoms with van der Waals surface area (Å²) in [4.78, 5) is 22.3. The highest BCUT2D eigenvalue weighted by Gasteiger charge is 2.45. The number of likely N-dealkylation sites (N-methyl/N-ethyl adjacent to an activating group) is 1. The van der Waals surface area contributed by atoms with E-state index in [4.69, 9.17) is 4.74 Å². The lowest BCUT2D eigenvalue weighted by molar-refractivity contribution is -0.135. The highest BCUT2D eigenvalue weighted by atomic mass is 32.2. The molecule has 1 amide bonds. The van der Waals surface area contributed by atoms with Gasteiger partial charge in [0.05, 0.1) is 25.3 Å². The van der Waals surface area contributed by atoms with E-state index in [9.17, 15) is 13.2 Å². The minimum atomic E-state index is -3.92. The number of hydrogen-bond donors (Lipinski definition) is 0. The largest absolute Gasteiger partial charge is 0.377 e. The van der Waals surface area contributed by atoms with Gasteiger partial charge in [-0.1, -0.05) is 13.8 Å². The molecule has 0 bridgehead atoms. The van der Waals surface area contributed by atoms with Gasteiger partial charge in [-0.2, -0.15) is 4.31 Å². The second-order valence-corrected chi connectivity index (χ2v) is 13.1. The first-order chi connectivity index (χ1) is 15.9. The minimum Gasteiger partial charge on any atom is -0.377 e. The molecular formula is C25H40N4O4S. The van der Waals surface area contributed by atoms with Crippen molar-refractivity contribution in [3.05, 3.63) is 17.8 Å². The molecule has 9 heteroatoms. The van der Waals surface area contributed by atoms with E-state index in [1.165, 1.54) is 4.31 Å². The predicted molar refractivity (Wildman–Crippen MR) is 132 cm³/mol. The molecule has 1 saturated carbocycles. The maximum Gasteiger partial charge on any atom is 0.247 e. The van der Waals surface area contributed by atoms with Gasteiger partial charge in [-0.15, -0.1) is 0 Å². The number of nitrogens with zero attached hydrogens (tertiary/aromatic N) is 4. The molecule has 4 atom stereocenters. The first-order valence-corrected chi connectivity index (χ1v) is 14.0. The molecule has 2 saturated heterocycles. The SMILES string of the molecule is Cc1ccc(S(=O)(=O)N2CCC[C@H]2C(=O)N(C)C2CCC(C)(C)C2)c(N2[C@@H](C)COC[C@@H]2C)n1. The molecule has 4 rings (SSSR count). The molecule has 0 aromatic carbocycles. The van der Waals surface area contributed by atoms with Crippen LogP contribution in [0.3, 0.4) is 0 Å². The number of aryl methyl sites for hydroxylation is 1. The lowest BCUT2D eigenvalue weighted by Crippen LogP contribution is -2.52. The van der Waals surface area contributed by atoms with Crippen LogP contribution in [0.5, 0.6) is 0 Å². The summed E-state index contributed by atoms with van der Waals surface area (Å²) in [6.45, 7) is 11.8. The van der Waals surface area contributed by atoms with Gasteiger partial charge in [0, 0.05) is 25.3 Å². The molecule has 0 radical (unpaired) electrons. The summed E-state index contributed by atoms with van der Waals surface area (Å²) in [5.74, 6) is 0.380. The summed E-state index contributed by atoms with van der Waals surface area (Å²) in [6, 6.07) is 2.91. The lowest BCUT2D eigenvalue weighted by atomic mass is 9.91. The zero-order chi connectivity index (χ0) is 24.8. The smallest absolute Gasteiger partial charge is 0.247 e. The number of sulfonamides is 1. The van der Waals surface area contributed by atoms with Crippen molar-refractivity contribution < 1.29 is 17.9 Å². The van der Waals surface area contributed by atoms with Gasteiger partial charge in [-0.05, 0) is 70.4 Å². The summed E-state index contributed by atoms with van der Waals surface area (Å²) in [6.07, 6.45) is 4.23. The van der Waals surface area contributed by atoms with E-state index < -0.39 is 16.1 Å². The Bertz CT molecular complexity index is 1020. The fraction of sp³-hybridized carbons (Fsp3) is 0.760. The molecule has 3 heterocycles. The van der Waals surface area contributed by atoms with Crippen molar-refractivity contribution in [2.75, 3.05) is 31.7 Å². The molecule has 0 spiro atoms. The van der Waals surface area contributed by atoms with Crippen LogP contribution in [0.1, 0.15) is 65.5 Å². The van der Waals surface area contributed by atoms with Crippen LogP contribution in [0.4, 0.5) is 5.82 Å². The third-order valence-corrected chi connectivity index (χ3v) is 9.73. The second-order valence-electron chi connectivity index (χ2n) is 11.2. The van der Waals surface area contributed by atoms with Gasteiger partial charge >= 0.3 is 0 Å². The fourth-order valence-corrected chi connectivity index (χ4v) is 7.66. The van der Waals surface area contributed by atoms with Gasteiger partial charge in [0.1, 0.15) is 16.8 Å². The van der Waals surface area contributed by atoms with Crippen molar-refractivity contribution in [1.82, 2.24) is 14.2 Å². The van der Waals surface area contributed by atoms with Crippen molar-refractivity contribution in [3.8, 4) is 0 Å². The third kappa shape index (κ3) is 4.71. The number of anilines is 1. The Morgan fingerprint density at radius 2 is 1.85 bits per heavy atom. The van der Waals surface area contributed by atoms with E-state index in [0.29, 0.717) is 38.4 Å². The zero-order valence-electron chi connectivity index (χ0n) is 21.5. The average molecular weight is 493 g/mol. The molecule has 1 aliphatic carbocycles. The molecule has 8 nitrogen and oxygen atoms in total. The van der Waals surface area contributed by atoms with Crippen LogP contribution in [0.2, 0.25) is 0 Å². The number of morpholine rings is 1. The van der Waals surface area contributed by atoms with E-state index in [0.717, 1.165) is 25.0 Å². The van der Waals surface area contributed by atoms with Gasteiger partial charge in [-0.25, -0.2) is 13.4 Å². The summed E-state index contributed by atoms with van der Waals surface area (Å²) in [7, 11) is -2.07. The van der Waals surface area contributed by atoms with Crippen molar-refractivity contribution in [2.24, 2.45) is 5.41 Å². The van der Waals surface area contributed by atoms with E-state index in [2.05, 4.69) is 23.7 Å². The van der Waals surface area contributed by atoms with Crippen LogP contribution in [-0.2, 0) is 19.6 Å². The van der Waals surface area contributed by atoms with Crippen molar-refractivity contribution in [3.63, 3.8) is 0 Å². The number of ether oxygens (including phenoxy) is 1. The summed E-state index contributed by atoms with van der Waals surface area (Å²) >= 11 is 0. The Labute approximate surface area is 204 Å². The number of amides is 1. The monoisotopic (exact) mass is 492 g/mol. The van der Waals surface area contributed by atoms with E-state index >= 15 is 0 Å². The molecule has 190 valence electrons. The molecule has 3 aliphatic rings. The first kappa shape index (κ1) is 25.4. The zero-order valence-corrected chi connectivity index (χ0v) is 22.3. The van der Waals surface area contributed by atoms with Crippen LogP contribution in [-0.4, -0.2) is 79.5 Å². The third-order valence-electron chi connectivity index (χ3n) is 7.80. The van der Waals surface area contributed by atoms with Gasteiger partial charge in [0.2, 0.25) is 15.9 Å². The summed E-state index contributed by atoms with van der Waals surface area (Å²) < 4.78 is 35.2.